The fourth-order valence-electron chi connectivity index (χ4n) is 16.2. The average Bonchev–Trinajstić information content (AvgIpc) is 1.61. The van der Waals surface area contributed by atoms with Crippen molar-refractivity contribution in [3.63, 3.8) is 0 Å². The molecule has 2 aliphatic heterocycles. The van der Waals surface area contributed by atoms with Crippen molar-refractivity contribution in [3.05, 3.63) is 249 Å². The van der Waals surface area contributed by atoms with E-state index in [9.17, 15) is 54.8 Å². The van der Waals surface area contributed by atoms with Crippen LogP contribution in [0.2, 0.25) is 5.15 Å². The Morgan fingerprint density at radius 3 is 1.47 bits per heavy atom. The zero-order valence-corrected chi connectivity index (χ0v) is 72.9. The van der Waals surface area contributed by atoms with Crippen molar-refractivity contribution in [2.24, 2.45) is 5.73 Å². The number of nitrogens with zero attached hydrogens (tertiary/aromatic N) is 15. The molecule has 26 nitrogen and oxygen atoms in total. The molecule has 4 fully saturated rings. The molecule has 0 unspecified atom stereocenters. The van der Waals surface area contributed by atoms with Gasteiger partial charge >= 0.3 is 11.7 Å². The summed E-state index contributed by atoms with van der Waals surface area (Å²) in [6.45, 7) is 7.50. The molecule has 20 rings (SSSR count). The van der Waals surface area contributed by atoms with Crippen LogP contribution in [0.4, 0.5) is 52.4 Å². The van der Waals surface area contributed by atoms with E-state index in [1.54, 1.807) is 24.8 Å². The molecule has 2 aromatic carbocycles. The van der Waals surface area contributed by atoms with E-state index in [0.29, 0.717) is 145 Å². The first-order chi connectivity index (χ1) is 58.7. The number of nitro groups is 1. The molecule has 0 amide bonds. The highest BCUT2D eigenvalue weighted by molar-refractivity contribution is 9.11. The first kappa shape index (κ1) is 87.2. The van der Waals surface area contributed by atoms with Crippen LogP contribution in [0.1, 0.15) is 108 Å². The number of benzene rings is 2. The fourth-order valence-corrected chi connectivity index (χ4v) is 18.0. The summed E-state index contributed by atoms with van der Waals surface area (Å²) in [5, 5.41) is 17.7. The van der Waals surface area contributed by atoms with E-state index in [-0.39, 0.29) is 47.0 Å². The molecule has 40 heteroatoms. The van der Waals surface area contributed by atoms with Crippen LogP contribution in [0.3, 0.4) is 0 Å². The lowest BCUT2D eigenvalue weighted by Gasteiger charge is -2.39. The molecule has 5 N–H and O–H groups in total. The number of allylic oxidation sites excluding steroid dienone is 1. The Morgan fingerprint density at radius 1 is 0.525 bits per heavy atom. The number of nitro benzene ring substituents is 1. The summed E-state index contributed by atoms with van der Waals surface area (Å²) >= 11 is 21.0. The highest BCUT2D eigenvalue weighted by atomic mass is 79.9. The number of hydrogen-bond donors (Lipinski definition) is 4. The first-order valence-electron chi connectivity index (χ1n) is 38.3. The zero-order chi connectivity index (χ0) is 85.9. The predicted octanol–water partition coefficient (Wildman–Crippen LogP) is 16.5. The van der Waals surface area contributed by atoms with Crippen molar-refractivity contribution in [1.82, 2.24) is 74.6 Å². The van der Waals surface area contributed by atoms with E-state index in [4.69, 9.17) is 26.8 Å². The Morgan fingerprint density at radius 2 is 0.967 bits per heavy atom. The summed E-state index contributed by atoms with van der Waals surface area (Å²) in [5.74, 6) is -3.38. The monoisotopic (exact) mass is 2010 g/mol. The number of halogens is 14. The fraction of sp³-hybridized carbons (Fsp3) is 0.317. The number of nitrogens with two attached hydrogens (primary N) is 1. The van der Waals surface area contributed by atoms with Gasteiger partial charge in [0.25, 0.3) is 5.56 Å². The van der Waals surface area contributed by atoms with Gasteiger partial charge in [-0.1, -0.05) is 11.6 Å². The lowest BCUT2D eigenvalue weighted by molar-refractivity contribution is -0.387. The summed E-state index contributed by atoms with van der Waals surface area (Å²) in [7, 11) is 1.29. The third-order valence-electron chi connectivity index (χ3n) is 22.0. The number of methoxy groups -OCH3 is 1. The summed E-state index contributed by atoms with van der Waals surface area (Å²) in [5.41, 5.74) is 18.9. The maximum absolute atomic E-state index is 14.9. The summed E-state index contributed by atoms with van der Waals surface area (Å²) in [4.78, 5) is 90.9. The highest BCUT2D eigenvalue weighted by Gasteiger charge is 2.36. The number of carbonyl (C=O) groups excluding carboxylic acids is 1. The largest absolute Gasteiger partial charge is 0.465 e. The van der Waals surface area contributed by atoms with Gasteiger partial charge in [0.05, 0.1) is 139 Å². The van der Waals surface area contributed by atoms with Crippen molar-refractivity contribution in [3.8, 4) is 56.3 Å². The van der Waals surface area contributed by atoms with Crippen LogP contribution in [0.15, 0.2) is 126 Å². The van der Waals surface area contributed by atoms with Gasteiger partial charge in [-0.3, -0.25) is 29.7 Å². The molecule has 9 aromatic heterocycles. The van der Waals surface area contributed by atoms with Gasteiger partial charge in [0.15, 0.2) is 17.5 Å². The maximum Gasteiger partial charge on any atom is 0.340 e. The number of ether oxygens (including phenoxy) is 3. The Labute approximate surface area is 737 Å². The van der Waals surface area contributed by atoms with Crippen molar-refractivity contribution < 1.29 is 59.1 Å². The van der Waals surface area contributed by atoms with Crippen LogP contribution in [0.5, 0.6) is 0 Å². The second-order valence-electron chi connectivity index (χ2n) is 29.4. The molecule has 0 spiro atoms. The minimum absolute atomic E-state index is 0.0828. The van der Waals surface area contributed by atoms with E-state index in [2.05, 4.69) is 170 Å². The Balaban J connectivity index is 0.000000118. The Hall–Kier alpha value is -9.71. The molecule has 0 bridgehead atoms. The molecule has 7 aliphatic carbocycles. The maximum atomic E-state index is 14.9. The van der Waals surface area contributed by atoms with Crippen molar-refractivity contribution in [2.75, 3.05) is 70.3 Å². The number of aromatic nitrogens is 13. The number of hydrogen-bond acceptors (Lipinski definition) is 24. The number of H-pyrrole nitrogens is 1. The molecule has 632 valence electrons. The summed E-state index contributed by atoms with van der Waals surface area (Å²) in [6.07, 6.45) is 19.9. The number of esters is 1. The van der Waals surface area contributed by atoms with Gasteiger partial charge < -0.3 is 35.6 Å². The predicted molar refractivity (Wildman–Crippen MR) is 452 cm³/mol. The third-order valence-corrected chi connectivity index (χ3v) is 25.2. The van der Waals surface area contributed by atoms with Gasteiger partial charge in [-0.05, 0) is 213 Å². The second-order valence-corrected chi connectivity index (χ2v) is 33.7. The molecule has 2 saturated carbocycles. The molecular weight excluding hydrogens is 1950 g/mol. The minimum Gasteiger partial charge on any atom is -0.465 e. The summed E-state index contributed by atoms with van der Waals surface area (Å²) in [6, 6.07) is 13.3. The van der Waals surface area contributed by atoms with Crippen LogP contribution in [0, 0.1) is 56.7 Å². The standard InChI is InChI=1S/C25H26F2N6O.C20H23BrFN5O.C11H9BrFNO2.C10H4BrClFN3.C10H5BrFN3O.C6H2BrF2NO2/c26-17-9-16(12-28-13-17)23-20(27)10-15-11-21-22(24(15)32-23)25(30-14-29-21)31-18-1-3-19(4-2-18)33-5-7-34-8-6-33;21-19-15(22)9-12-10-16-17(18(12)26-19)20(24-11-23-16)25-13-1-3-14(4-2-13)27-5-7-28-8-6-27;1-16-11(15)10-6-4-7(12)8(13)2-5(6)3-9(10)14;11-9-5(13)1-4-2-6-7(8(4)16-9)10(12)15-3-14-6;11-9-5(12)1-4-2-6-7(8(4)15-9)10(16)14-3-13-6;7-3-1-5(9)6(10(11)12)2-4(3)8/h9-10,12-14,18-19H,1-8,11H2,(H,29,30,31);9,11,13-14H,1-8,10H2,(H,23,24,25);2,4H,3,14H2,1H3;1,3H,2H2;1,3H,2H2,(H,13,14,16);1-2H. The Bertz CT molecular complexity index is 6010. The quantitative estimate of drug-likeness (QED) is 0.0198. The SMILES string of the molecule is COC(=O)C1=C(N)Cc2cc(F)c(Br)cc21.Fc1cc2c(nc1Br)-c1c(Cl)ncnc1C2.Fc1cc2c(nc1Br)-c1c(ncnc1NC1CCC(N3CCOCC3)CC1)C2.Fc1cncc(-c2nc3c(cc2F)Cc2ncnc(NC4CCC(N5CCOCC5)CC4)c2-3)c1.O=[N+]([O-])c1cc(F)c(Br)cc1F.O=c1[nH]cnc2c1-c1nc(Br)c(F)cc1C2. The van der Waals surface area contributed by atoms with Crippen molar-refractivity contribution >= 4 is 120 Å². The van der Waals surface area contributed by atoms with Crippen LogP contribution in [-0.4, -0.2) is 169 Å². The van der Waals surface area contributed by atoms with E-state index in [1.807, 2.05) is 0 Å². The lowest BCUT2D eigenvalue weighted by Crippen LogP contribution is -2.46. The minimum atomic E-state index is -1.06. The molecule has 0 radical (unpaired) electrons. The number of nitrogens with one attached hydrogen (secondary N) is 3. The van der Waals surface area contributed by atoms with Crippen molar-refractivity contribution in [2.45, 2.75) is 108 Å². The number of pyridine rings is 5. The molecule has 11 heterocycles. The Kier molecular flexibility index (Phi) is 27.3. The van der Waals surface area contributed by atoms with E-state index < -0.39 is 45.7 Å². The van der Waals surface area contributed by atoms with Gasteiger partial charge in [0, 0.05) is 99.9 Å². The molecule has 2 saturated heterocycles. The van der Waals surface area contributed by atoms with E-state index >= 15 is 0 Å². The van der Waals surface area contributed by atoms with Gasteiger partial charge in [-0.25, -0.2) is 90.4 Å². The first-order valence-corrected chi connectivity index (χ1v) is 42.7. The lowest BCUT2D eigenvalue weighted by atomic mass is 9.90. The number of carbonyl (C=O) groups is 1. The van der Waals surface area contributed by atoms with Gasteiger partial charge in [0.1, 0.15) is 78.5 Å². The van der Waals surface area contributed by atoms with Crippen LogP contribution >= 0.6 is 91.3 Å². The summed E-state index contributed by atoms with van der Waals surface area (Å²) < 4.78 is 124. The molecule has 0 atom stereocenters. The topological polar surface area (TPSA) is 332 Å². The molecule has 9 aliphatic rings. The number of rotatable bonds is 9. The number of morpholine rings is 2. The van der Waals surface area contributed by atoms with E-state index in [0.717, 1.165) is 160 Å². The zero-order valence-electron chi connectivity index (χ0n) is 64.3. The number of aromatic amines is 1. The number of fused-ring (bicyclic) bond motifs is 13. The molecule has 11 aromatic rings. The van der Waals surface area contributed by atoms with Gasteiger partial charge in [-0.2, -0.15) is 4.39 Å². The molecular formula is C82H69Br5ClF8N19O7. The second kappa shape index (κ2) is 38.2. The highest BCUT2D eigenvalue weighted by Crippen LogP contribution is 2.45. The van der Waals surface area contributed by atoms with Crippen LogP contribution in [-0.2, 0) is 51.1 Å². The van der Waals surface area contributed by atoms with Crippen molar-refractivity contribution in [1.29, 1.82) is 0 Å². The van der Waals surface area contributed by atoms with Crippen LogP contribution in [0.25, 0.3) is 61.9 Å². The van der Waals surface area contributed by atoms with Crippen LogP contribution < -0.4 is 21.9 Å². The smallest absolute Gasteiger partial charge is 0.340 e. The van der Waals surface area contributed by atoms with Gasteiger partial charge in [0.2, 0.25) is 5.82 Å². The van der Waals surface area contributed by atoms with Gasteiger partial charge in [-0.15, -0.1) is 0 Å². The average molecular weight is 2020 g/mol. The third kappa shape index (κ3) is 19.1. The molecule has 122 heavy (non-hydrogen) atoms. The normalized spacial score (nSPS) is 17.9. The number of anilines is 2. The van der Waals surface area contributed by atoms with E-state index in [1.165, 1.54) is 69.1 Å².